The van der Waals surface area contributed by atoms with Crippen molar-refractivity contribution in [2.75, 3.05) is 0 Å². The van der Waals surface area contributed by atoms with Crippen molar-refractivity contribution in [1.82, 2.24) is 15.0 Å². The average molecular weight is 317 g/mol. The van der Waals surface area contributed by atoms with Crippen molar-refractivity contribution in [3.63, 3.8) is 0 Å². The van der Waals surface area contributed by atoms with Gasteiger partial charge in [0.1, 0.15) is 11.6 Å². The molecule has 0 saturated heterocycles. The van der Waals surface area contributed by atoms with Gasteiger partial charge in [-0.1, -0.05) is 24.8 Å². The molecule has 2 aromatic heterocycles. The first-order valence-electron chi connectivity index (χ1n) is 7.80. The van der Waals surface area contributed by atoms with Crippen LogP contribution >= 0.6 is 0 Å². The fraction of sp³-hybridized carbons (Fsp3) is 0.100. The third kappa shape index (κ3) is 2.36. The minimum atomic E-state index is -0.238. The highest BCUT2D eigenvalue weighted by Gasteiger charge is 2.15. The average Bonchev–Trinajstić information content (AvgIpc) is 2.96. The summed E-state index contributed by atoms with van der Waals surface area (Å²) in [7, 11) is 0. The van der Waals surface area contributed by atoms with Crippen LogP contribution in [0.2, 0.25) is 0 Å². The first kappa shape index (κ1) is 14.6. The van der Waals surface area contributed by atoms with Crippen LogP contribution in [0.4, 0.5) is 4.39 Å². The number of hydrogen-bond acceptors (Lipinski definition) is 2. The molecule has 4 heteroatoms. The Morgan fingerprint density at radius 2 is 1.96 bits per heavy atom. The topological polar surface area (TPSA) is 41.6 Å². The molecule has 1 N–H and O–H groups in total. The van der Waals surface area contributed by atoms with Crippen molar-refractivity contribution in [2.24, 2.45) is 0 Å². The smallest absolute Gasteiger partial charge is 0.133 e. The zero-order valence-electron chi connectivity index (χ0n) is 13.3. The number of hydrogen-bond donors (Lipinski definition) is 1. The molecule has 0 atom stereocenters. The second kappa shape index (κ2) is 5.57. The Balaban J connectivity index is 1.94. The molecule has 2 heterocycles. The predicted molar refractivity (Wildman–Crippen MR) is 95.4 cm³/mol. The van der Waals surface area contributed by atoms with Gasteiger partial charge in [-0.15, -0.1) is 0 Å². The molecule has 4 rings (SSSR count). The van der Waals surface area contributed by atoms with E-state index in [-0.39, 0.29) is 5.82 Å². The third-order valence-electron chi connectivity index (χ3n) is 4.19. The summed E-state index contributed by atoms with van der Waals surface area (Å²) in [5.41, 5.74) is 4.14. The first-order chi connectivity index (χ1) is 11.7. The number of fused-ring (bicyclic) bond motifs is 3. The van der Waals surface area contributed by atoms with Crippen LogP contribution in [0.5, 0.6) is 0 Å². The van der Waals surface area contributed by atoms with E-state index >= 15 is 0 Å². The largest absolute Gasteiger partial charge is 0.354 e. The van der Waals surface area contributed by atoms with Crippen LogP contribution < -0.4 is 0 Å². The maximum atomic E-state index is 14.6. The van der Waals surface area contributed by atoms with Crippen LogP contribution in [0.3, 0.4) is 0 Å². The molecule has 0 aliphatic heterocycles. The molecule has 0 amide bonds. The predicted octanol–water partition coefficient (Wildman–Crippen LogP) is 4.79. The lowest BCUT2D eigenvalue weighted by Gasteiger charge is -2.07. The molecule has 2 aromatic carbocycles. The molecule has 4 aromatic rings. The van der Waals surface area contributed by atoms with Gasteiger partial charge in [-0.05, 0) is 37.3 Å². The van der Waals surface area contributed by atoms with Crippen molar-refractivity contribution >= 4 is 27.9 Å². The van der Waals surface area contributed by atoms with Gasteiger partial charge in [-0.25, -0.2) is 14.4 Å². The van der Waals surface area contributed by atoms with Crippen LogP contribution in [0.1, 0.15) is 22.8 Å². The number of nitrogens with one attached hydrogen (secondary N) is 1. The van der Waals surface area contributed by atoms with Gasteiger partial charge in [0.05, 0.1) is 5.69 Å². The van der Waals surface area contributed by atoms with Gasteiger partial charge < -0.3 is 4.98 Å². The molecule has 0 saturated carbocycles. The second-order valence-electron chi connectivity index (χ2n) is 5.85. The van der Waals surface area contributed by atoms with Gasteiger partial charge in [0, 0.05) is 39.5 Å². The van der Waals surface area contributed by atoms with E-state index in [1.54, 1.807) is 12.1 Å². The monoisotopic (exact) mass is 317 g/mol. The molecule has 0 bridgehead atoms. The number of halogens is 1. The summed E-state index contributed by atoms with van der Waals surface area (Å²) in [6, 6.07) is 13.1. The number of aromatic nitrogens is 3. The minimum absolute atomic E-state index is 0.238. The quantitative estimate of drug-likeness (QED) is 0.590. The van der Waals surface area contributed by atoms with E-state index in [4.69, 9.17) is 0 Å². The Labute approximate surface area is 138 Å². The SMILES string of the molecule is C=Cc1cc(C)nc(Cc2c(F)ccc3[nH]c4ccccc4c23)n1. The van der Waals surface area contributed by atoms with Crippen molar-refractivity contribution in [3.05, 3.63) is 77.6 Å². The Morgan fingerprint density at radius 3 is 2.79 bits per heavy atom. The second-order valence-corrected chi connectivity index (χ2v) is 5.85. The molecular formula is C20H16FN3. The first-order valence-corrected chi connectivity index (χ1v) is 7.80. The van der Waals surface area contributed by atoms with Crippen molar-refractivity contribution < 1.29 is 4.39 Å². The summed E-state index contributed by atoms with van der Waals surface area (Å²) in [6.45, 7) is 5.65. The Bertz CT molecular complexity index is 1080. The maximum absolute atomic E-state index is 14.6. The minimum Gasteiger partial charge on any atom is -0.354 e. The maximum Gasteiger partial charge on any atom is 0.133 e. The molecular weight excluding hydrogens is 301 g/mol. The van der Waals surface area contributed by atoms with Crippen LogP contribution in [-0.4, -0.2) is 15.0 Å². The van der Waals surface area contributed by atoms with Gasteiger partial charge in [0.2, 0.25) is 0 Å². The fourth-order valence-corrected chi connectivity index (χ4v) is 3.16. The van der Waals surface area contributed by atoms with Gasteiger partial charge in [-0.3, -0.25) is 0 Å². The number of benzene rings is 2. The van der Waals surface area contributed by atoms with Crippen molar-refractivity contribution in [2.45, 2.75) is 13.3 Å². The van der Waals surface area contributed by atoms with Crippen molar-refractivity contribution in [3.8, 4) is 0 Å². The number of H-pyrrole nitrogens is 1. The van der Waals surface area contributed by atoms with Gasteiger partial charge in [0.25, 0.3) is 0 Å². The molecule has 24 heavy (non-hydrogen) atoms. The van der Waals surface area contributed by atoms with Crippen LogP contribution in [0.15, 0.2) is 49.0 Å². The van der Waals surface area contributed by atoms with Crippen LogP contribution in [-0.2, 0) is 6.42 Å². The molecule has 0 spiro atoms. The summed E-state index contributed by atoms with van der Waals surface area (Å²) in [5.74, 6) is 0.360. The van der Waals surface area contributed by atoms with E-state index < -0.39 is 0 Å². The summed E-state index contributed by atoms with van der Waals surface area (Å²) in [6.07, 6.45) is 2.02. The summed E-state index contributed by atoms with van der Waals surface area (Å²) < 4.78 is 14.6. The number of aromatic amines is 1. The van der Waals surface area contributed by atoms with Gasteiger partial charge in [0.15, 0.2) is 0 Å². The molecule has 118 valence electrons. The summed E-state index contributed by atoms with van der Waals surface area (Å²) in [4.78, 5) is 12.2. The molecule has 0 unspecified atom stereocenters. The summed E-state index contributed by atoms with van der Waals surface area (Å²) >= 11 is 0. The fourth-order valence-electron chi connectivity index (χ4n) is 3.16. The Hall–Kier alpha value is -3.01. The zero-order valence-corrected chi connectivity index (χ0v) is 13.3. The number of para-hydroxylation sites is 1. The van der Waals surface area contributed by atoms with Crippen LogP contribution in [0.25, 0.3) is 27.9 Å². The molecule has 0 radical (unpaired) electrons. The lowest BCUT2D eigenvalue weighted by Crippen LogP contribution is -2.02. The Kier molecular flexibility index (Phi) is 3.38. The van der Waals surface area contributed by atoms with E-state index in [0.29, 0.717) is 17.8 Å². The van der Waals surface area contributed by atoms with Gasteiger partial charge in [-0.2, -0.15) is 0 Å². The lowest BCUT2D eigenvalue weighted by atomic mass is 10.0. The van der Waals surface area contributed by atoms with Gasteiger partial charge >= 0.3 is 0 Å². The Morgan fingerprint density at radius 1 is 1.12 bits per heavy atom. The van der Waals surface area contributed by atoms with E-state index in [9.17, 15) is 4.39 Å². The highest BCUT2D eigenvalue weighted by atomic mass is 19.1. The number of nitrogens with zero attached hydrogens (tertiary/aromatic N) is 2. The standard InChI is InChI=1S/C20H16FN3/c1-3-13-10-12(2)22-19(23-13)11-15-16(21)8-9-18-20(15)14-6-4-5-7-17(14)24-18/h3-10,24H,1,11H2,2H3. The van der Waals surface area contributed by atoms with E-state index in [1.807, 2.05) is 37.3 Å². The van der Waals surface area contributed by atoms with E-state index in [1.165, 1.54) is 6.07 Å². The lowest BCUT2D eigenvalue weighted by molar-refractivity contribution is 0.615. The summed E-state index contributed by atoms with van der Waals surface area (Å²) in [5, 5.41) is 1.91. The molecule has 0 aliphatic carbocycles. The van der Waals surface area contributed by atoms with E-state index in [0.717, 1.165) is 33.2 Å². The highest BCUT2D eigenvalue weighted by Crippen LogP contribution is 2.31. The highest BCUT2D eigenvalue weighted by molar-refractivity contribution is 6.09. The molecule has 3 nitrogen and oxygen atoms in total. The van der Waals surface area contributed by atoms with E-state index in [2.05, 4.69) is 21.5 Å². The van der Waals surface area contributed by atoms with Crippen molar-refractivity contribution in [1.29, 1.82) is 0 Å². The zero-order chi connectivity index (χ0) is 16.7. The number of aryl methyl sites for hydroxylation is 1. The molecule has 0 aliphatic rings. The van der Waals surface area contributed by atoms with Crippen LogP contribution in [0, 0.1) is 12.7 Å². The normalized spacial score (nSPS) is 11.2. The third-order valence-corrected chi connectivity index (χ3v) is 4.19. The molecule has 0 fully saturated rings. The number of rotatable bonds is 3.